The molecule has 0 radical (unpaired) electrons. The van der Waals surface area contributed by atoms with Crippen LogP contribution in [0.2, 0.25) is 5.02 Å². The maximum absolute atomic E-state index is 10.8. The number of hydrogen-bond acceptors (Lipinski definition) is 3. The fourth-order valence-electron chi connectivity index (χ4n) is 0.572. The lowest BCUT2D eigenvalue weighted by atomic mass is 10.5. The molecule has 0 saturated heterocycles. The van der Waals surface area contributed by atoms with Crippen LogP contribution in [-0.2, 0) is 9.05 Å². The third-order valence-corrected chi connectivity index (χ3v) is 4.34. The van der Waals surface area contributed by atoms with Crippen molar-refractivity contribution >= 4 is 53.9 Å². The van der Waals surface area contributed by atoms with E-state index in [0.717, 1.165) is 0 Å². The molecule has 0 atom stereocenters. The average molecular weight is 338 g/mol. The summed E-state index contributed by atoms with van der Waals surface area (Å²) in [5.41, 5.74) is 0. The zero-order valence-electron chi connectivity index (χ0n) is 5.46. The second-order valence-electron chi connectivity index (χ2n) is 1.85. The molecule has 0 spiro atoms. The van der Waals surface area contributed by atoms with E-state index in [4.69, 9.17) is 22.3 Å². The lowest BCUT2D eigenvalue weighted by Crippen LogP contribution is -1.98. The number of halogens is 3. The minimum atomic E-state index is -3.79. The summed E-state index contributed by atoms with van der Waals surface area (Å²) in [5.74, 6) is 0. The van der Waals surface area contributed by atoms with Gasteiger partial charge in [-0.05, 0) is 28.7 Å². The third-order valence-electron chi connectivity index (χ3n) is 1.04. The predicted octanol–water partition coefficient (Wildman–Crippen LogP) is 2.27. The third kappa shape index (κ3) is 2.21. The zero-order chi connectivity index (χ0) is 9.35. The van der Waals surface area contributed by atoms with Gasteiger partial charge in [0.1, 0.15) is 0 Å². The van der Waals surface area contributed by atoms with Gasteiger partial charge in [-0.3, -0.25) is 0 Å². The monoisotopic (exact) mass is 337 g/mol. The van der Waals surface area contributed by atoms with Gasteiger partial charge >= 0.3 is 0 Å². The Balaban J connectivity index is 3.47. The Morgan fingerprint density at radius 2 is 2.08 bits per heavy atom. The topological polar surface area (TPSA) is 47.0 Å². The first-order valence-electron chi connectivity index (χ1n) is 2.67. The number of pyridine rings is 1. The Morgan fingerprint density at radius 3 is 2.50 bits per heavy atom. The molecule has 0 fully saturated rings. The van der Waals surface area contributed by atoms with Crippen molar-refractivity contribution in [1.82, 2.24) is 4.98 Å². The van der Waals surface area contributed by atoms with E-state index >= 15 is 0 Å². The highest BCUT2D eigenvalue weighted by atomic mass is 127. The van der Waals surface area contributed by atoms with E-state index in [-0.39, 0.29) is 5.03 Å². The summed E-state index contributed by atoms with van der Waals surface area (Å²) in [5, 5.41) is 0.127. The van der Waals surface area contributed by atoms with Crippen molar-refractivity contribution in [2.45, 2.75) is 5.03 Å². The molecule has 0 aliphatic carbocycles. The van der Waals surface area contributed by atoms with Crippen LogP contribution in [0.3, 0.4) is 0 Å². The van der Waals surface area contributed by atoms with Crippen LogP contribution in [0.5, 0.6) is 0 Å². The van der Waals surface area contributed by atoms with Gasteiger partial charge < -0.3 is 0 Å². The molecule has 0 aromatic carbocycles. The molecule has 0 amide bonds. The molecule has 1 aromatic rings. The van der Waals surface area contributed by atoms with Gasteiger partial charge in [0.15, 0.2) is 5.03 Å². The van der Waals surface area contributed by atoms with Gasteiger partial charge in [-0.1, -0.05) is 11.6 Å². The fraction of sp³-hybridized carbons (Fsp3) is 0. The molecule has 1 aromatic heterocycles. The normalized spacial score (nSPS) is 11.6. The van der Waals surface area contributed by atoms with E-state index < -0.39 is 9.05 Å². The van der Waals surface area contributed by atoms with Gasteiger partial charge in [0.05, 0.1) is 8.59 Å². The summed E-state index contributed by atoms with van der Waals surface area (Å²) < 4.78 is 22.0. The first kappa shape index (κ1) is 10.5. The minimum Gasteiger partial charge on any atom is -0.242 e. The summed E-state index contributed by atoms with van der Waals surface area (Å²) >= 11 is 7.42. The average Bonchev–Trinajstić information content (AvgIpc) is 1.92. The molecule has 12 heavy (non-hydrogen) atoms. The molecule has 66 valence electrons. The van der Waals surface area contributed by atoms with Crippen molar-refractivity contribution in [3.63, 3.8) is 0 Å². The summed E-state index contributed by atoms with van der Waals surface area (Å²) in [6.45, 7) is 0. The highest BCUT2D eigenvalue weighted by Gasteiger charge is 2.17. The van der Waals surface area contributed by atoms with Crippen LogP contribution in [0, 0.1) is 3.57 Å². The second kappa shape index (κ2) is 3.65. The molecule has 0 saturated carbocycles. The van der Waals surface area contributed by atoms with E-state index in [2.05, 4.69) is 4.98 Å². The van der Waals surface area contributed by atoms with Crippen molar-refractivity contribution in [3.8, 4) is 0 Å². The fourth-order valence-corrected chi connectivity index (χ4v) is 3.22. The number of hydrogen-bond donors (Lipinski definition) is 0. The summed E-state index contributed by atoms with van der Waals surface area (Å²) in [6, 6.07) is 1.49. The Bertz CT molecular complexity index is 406. The Hall–Kier alpha value is 0.410. The maximum atomic E-state index is 10.8. The molecule has 0 bridgehead atoms. The Labute approximate surface area is 92.6 Å². The van der Waals surface area contributed by atoms with E-state index in [0.29, 0.717) is 8.59 Å². The Morgan fingerprint density at radius 1 is 1.50 bits per heavy atom. The van der Waals surface area contributed by atoms with E-state index in [9.17, 15) is 8.42 Å². The molecule has 1 rings (SSSR count). The summed E-state index contributed by atoms with van der Waals surface area (Å²) in [6.07, 6.45) is 1.29. The highest BCUT2D eigenvalue weighted by molar-refractivity contribution is 14.1. The second-order valence-corrected chi connectivity index (χ2v) is 5.82. The van der Waals surface area contributed by atoms with Crippen molar-refractivity contribution in [2.75, 3.05) is 0 Å². The molecule has 3 nitrogen and oxygen atoms in total. The van der Waals surface area contributed by atoms with Crippen molar-refractivity contribution in [1.29, 1.82) is 0 Å². The van der Waals surface area contributed by atoms with Crippen LogP contribution in [-0.4, -0.2) is 13.4 Å². The van der Waals surface area contributed by atoms with E-state index in [1.165, 1.54) is 12.3 Å². The van der Waals surface area contributed by atoms with E-state index in [1.807, 2.05) is 0 Å². The molecule has 0 aliphatic heterocycles. The SMILES string of the molecule is O=S(=O)(Cl)c1nccc(Cl)c1I. The van der Waals surface area contributed by atoms with Crippen LogP contribution in [0.1, 0.15) is 0 Å². The van der Waals surface area contributed by atoms with Gasteiger partial charge in [-0.15, -0.1) is 0 Å². The van der Waals surface area contributed by atoms with Gasteiger partial charge in [0.2, 0.25) is 0 Å². The standard InChI is InChI=1S/C5H2Cl2INO2S/c6-3-1-2-9-5(4(3)8)12(7,10)11/h1-2H. The quantitative estimate of drug-likeness (QED) is 0.583. The maximum Gasteiger partial charge on any atom is 0.279 e. The summed E-state index contributed by atoms with van der Waals surface area (Å²) in [7, 11) is 1.30. The van der Waals surface area contributed by atoms with Gasteiger partial charge in [0, 0.05) is 16.9 Å². The first-order chi connectivity index (χ1) is 5.43. The van der Waals surface area contributed by atoms with Crippen LogP contribution in [0.25, 0.3) is 0 Å². The minimum absolute atomic E-state index is 0.197. The van der Waals surface area contributed by atoms with Crippen LogP contribution in [0.4, 0.5) is 0 Å². The predicted molar refractivity (Wildman–Crippen MR) is 55.0 cm³/mol. The summed E-state index contributed by atoms with van der Waals surface area (Å²) in [4.78, 5) is 3.60. The molecule has 1 heterocycles. The highest BCUT2D eigenvalue weighted by Crippen LogP contribution is 2.25. The van der Waals surface area contributed by atoms with Gasteiger partial charge in [-0.25, -0.2) is 13.4 Å². The molecular formula is C5H2Cl2INO2S. The van der Waals surface area contributed by atoms with Crippen LogP contribution >= 0.6 is 44.9 Å². The number of aromatic nitrogens is 1. The molecule has 7 heteroatoms. The molecule has 0 N–H and O–H groups in total. The van der Waals surface area contributed by atoms with Crippen molar-refractivity contribution < 1.29 is 8.42 Å². The van der Waals surface area contributed by atoms with Crippen molar-refractivity contribution in [2.24, 2.45) is 0 Å². The smallest absolute Gasteiger partial charge is 0.242 e. The van der Waals surface area contributed by atoms with Gasteiger partial charge in [0.25, 0.3) is 9.05 Å². The lowest BCUT2D eigenvalue weighted by molar-refractivity contribution is 0.605. The zero-order valence-corrected chi connectivity index (χ0v) is 9.95. The Kier molecular flexibility index (Phi) is 3.19. The lowest BCUT2D eigenvalue weighted by Gasteiger charge is -1.99. The molecule has 0 aliphatic rings. The van der Waals surface area contributed by atoms with E-state index in [1.54, 1.807) is 22.6 Å². The van der Waals surface area contributed by atoms with Crippen molar-refractivity contribution in [3.05, 3.63) is 20.9 Å². The van der Waals surface area contributed by atoms with Crippen LogP contribution in [0.15, 0.2) is 17.3 Å². The number of nitrogens with zero attached hydrogens (tertiary/aromatic N) is 1. The molecule has 0 unspecified atom stereocenters. The number of rotatable bonds is 1. The first-order valence-corrected chi connectivity index (χ1v) is 6.44. The van der Waals surface area contributed by atoms with Gasteiger partial charge in [-0.2, -0.15) is 0 Å². The van der Waals surface area contributed by atoms with Crippen LogP contribution < -0.4 is 0 Å². The molecular weight excluding hydrogens is 336 g/mol. The largest absolute Gasteiger partial charge is 0.279 e.